The summed E-state index contributed by atoms with van der Waals surface area (Å²) in [6.07, 6.45) is 1.01. The van der Waals surface area contributed by atoms with Gasteiger partial charge in [0, 0.05) is 39.6 Å². The van der Waals surface area contributed by atoms with Gasteiger partial charge in [0.1, 0.15) is 24.2 Å². The fraction of sp³-hybridized carbons (Fsp3) is 0.571. The number of aliphatic imine (C=N–C) groups is 1. The number of aromatic nitrogens is 3. The Labute approximate surface area is 200 Å². The van der Waals surface area contributed by atoms with Gasteiger partial charge in [0.25, 0.3) is 0 Å². The molecule has 1 unspecified atom stereocenters. The third-order valence-corrected chi connectivity index (χ3v) is 5.60. The Bertz CT molecular complexity index is 842. The first-order valence-electron chi connectivity index (χ1n) is 10.6. The second kappa shape index (κ2) is 11.6. The molecule has 2 aliphatic rings. The molecule has 31 heavy (non-hydrogen) atoms. The molecule has 3 heterocycles. The minimum Gasteiger partial charge on any atom is -0.488 e. The number of benzene rings is 1. The van der Waals surface area contributed by atoms with E-state index in [1.807, 2.05) is 30.7 Å². The number of hydrogen-bond acceptors (Lipinski definition) is 6. The number of morpholine rings is 1. The van der Waals surface area contributed by atoms with Crippen molar-refractivity contribution < 1.29 is 9.47 Å². The minimum atomic E-state index is 0. The molecule has 170 valence electrons. The minimum absolute atomic E-state index is 0. The van der Waals surface area contributed by atoms with Crippen molar-refractivity contribution in [1.29, 1.82) is 0 Å². The molecule has 0 bridgehead atoms. The predicted molar refractivity (Wildman–Crippen MR) is 130 cm³/mol. The average molecular weight is 541 g/mol. The summed E-state index contributed by atoms with van der Waals surface area (Å²) in [7, 11) is 1.96. The van der Waals surface area contributed by atoms with E-state index in [1.165, 1.54) is 5.56 Å². The van der Waals surface area contributed by atoms with Gasteiger partial charge in [-0.2, -0.15) is 0 Å². The van der Waals surface area contributed by atoms with Crippen LogP contribution in [-0.2, 0) is 24.8 Å². The SMILES string of the molecule is Cc1nnc(CN=C(NCCN2CCOCC2)NCC2Cc3ccccc3O2)n1C.I. The molecule has 2 aliphatic heterocycles. The first kappa shape index (κ1) is 23.7. The highest BCUT2D eigenvalue weighted by atomic mass is 127. The lowest BCUT2D eigenvalue weighted by molar-refractivity contribution is 0.0389. The zero-order valence-corrected chi connectivity index (χ0v) is 20.5. The summed E-state index contributed by atoms with van der Waals surface area (Å²) in [4.78, 5) is 7.13. The molecule has 0 spiro atoms. The van der Waals surface area contributed by atoms with Crippen molar-refractivity contribution in [1.82, 2.24) is 30.3 Å². The van der Waals surface area contributed by atoms with Gasteiger partial charge in [0.15, 0.2) is 11.8 Å². The molecule has 0 aliphatic carbocycles. The third kappa shape index (κ3) is 6.53. The van der Waals surface area contributed by atoms with E-state index in [0.29, 0.717) is 13.1 Å². The van der Waals surface area contributed by atoms with Crippen molar-refractivity contribution in [3.05, 3.63) is 41.5 Å². The number of ether oxygens (including phenoxy) is 2. The van der Waals surface area contributed by atoms with Crippen molar-refractivity contribution in [2.45, 2.75) is 26.0 Å². The molecular weight excluding hydrogens is 509 g/mol. The van der Waals surface area contributed by atoms with Crippen LogP contribution in [0.15, 0.2) is 29.3 Å². The predicted octanol–water partition coefficient (Wildman–Crippen LogP) is 1.11. The van der Waals surface area contributed by atoms with Crippen LogP contribution in [0.4, 0.5) is 0 Å². The zero-order valence-electron chi connectivity index (χ0n) is 18.2. The molecule has 1 saturated heterocycles. The lowest BCUT2D eigenvalue weighted by Gasteiger charge is -2.26. The number of nitrogens with one attached hydrogen (secondary N) is 2. The van der Waals surface area contributed by atoms with Gasteiger partial charge < -0.3 is 24.7 Å². The lowest BCUT2D eigenvalue weighted by atomic mass is 10.1. The van der Waals surface area contributed by atoms with E-state index in [0.717, 1.165) is 69.2 Å². The van der Waals surface area contributed by atoms with Gasteiger partial charge in [0.2, 0.25) is 0 Å². The standard InChI is InChI=1S/C21H31N7O2.HI/c1-16-25-26-20(27(16)2)15-24-21(22-7-8-28-9-11-29-12-10-28)23-14-18-13-17-5-3-4-6-19(17)30-18;/h3-6,18H,7-15H2,1-2H3,(H2,22,23,24);1H. The monoisotopic (exact) mass is 541 g/mol. The molecule has 4 rings (SSSR count). The van der Waals surface area contributed by atoms with Crippen molar-refractivity contribution >= 4 is 29.9 Å². The van der Waals surface area contributed by atoms with Gasteiger partial charge in [-0.1, -0.05) is 18.2 Å². The molecule has 0 amide bonds. The van der Waals surface area contributed by atoms with Crippen LogP contribution in [-0.4, -0.2) is 77.7 Å². The topological polar surface area (TPSA) is 88.8 Å². The molecule has 1 aromatic heterocycles. The maximum atomic E-state index is 6.05. The quantitative estimate of drug-likeness (QED) is 0.309. The summed E-state index contributed by atoms with van der Waals surface area (Å²) in [5.41, 5.74) is 1.26. The molecule has 0 radical (unpaired) electrons. The summed E-state index contributed by atoms with van der Waals surface area (Å²) in [6.45, 7) is 8.45. The Morgan fingerprint density at radius 3 is 2.74 bits per heavy atom. The number of nitrogens with zero attached hydrogens (tertiary/aromatic N) is 5. The first-order chi connectivity index (χ1) is 14.7. The Morgan fingerprint density at radius 1 is 1.19 bits per heavy atom. The number of para-hydroxylation sites is 1. The highest BCUT2D eigenvalue weighted by molar-refractivity contribution is 14.0. The normalized spacial score (nSPS) is 18.8. The van der Waals surface area contributed by atoms with Gasteiger partial charge in [0.05, 0.1) is 19.8 Å². The van der Waals surface area contributed by atoms with Gasteiger partial charge in [-0.25, -0.2) is 4.99 Å². The molecule has 1 aromatic carbocycles. The Kier molecular flexibility index (Phi) is 8.90. The summed E-state index contributed by atoms with van der Waals surface area (Å²) in [5, 5.41) is 15.2. The van der Waals surface area contributed by atoms with Gasteiger partial charge in [-0.05, 0) is 18.6 Å². The summed E-state index contributed by atoms with van der Waals surface area (Å²) < 4.78 is 13.4. The molecule has 10 heteroatoms. The zero-order chi connectivity index (χ0) is 20.8. The lowest BCUT2D eigenvalue weighted by Crippen LogP contribution is -2.46. The van der Waals surface area contributed by atoms with E-state index in [1.54, 1.807) is 0 Å². The van der Waals surface area contributed by atoms with E-state index in [9.17, 15) is 0 Å². The summed E-state index contributed by atoms with van der Waals surface area (Å²) in [6, 6.07) is 8.22. The average Bonchev–Trinajstić information content (AvgIpc) is 3.33. The number of rotatable bonds is 7. The molecule has 2 aromatic rings. The maximum Gasteiger partial charge on any atom is 0.191 e. The summed E-state index contributed by atoms with van der Waals surface area (Å²) in [5.74, 6) is 3.47. The van der Waals surface area contributed by atoms with Crippen LogP contribution in [0.5, 0.6) is 5.75 Å². The molecule has 0 saturated carbocycles. The fourth-order valence-electron chi connectivity index (χ4n) is 3.65. The molecule has 9 nitrogen and oxygen atoms in total. The Hall–Kier alpha value is -1.92. The van der Waals surface area contributed by atoms with Crippen LogP contribution in [0.25, 0.3) is 0 Å². The van der Waals surface area contributed by atoms with E-state index >= 15 is 0 Å². The maximum absolute atomic E-state index is 6.05. The number of halogens is 1. The van der Waals surface area contributed by atoms with Crippen LogP contribution in [0.3, 0.4) is 0 Å². The third-order valence-electron chi connectivity index (χ3n) is 5.60. The number of fused-ring (bicyclic) bond motifs is 1. The molecular formula is C21H32IN7O2. The van der Waals surface area contributed by atoms with Crippen LogP contribution in [0, 0.1) is 6.92 Å². The number of aryl methyl sites for hydroxylation is 1. The number of guanidine groups is 1. The molecule has 2 N–H and O–H groups in total. The fourth-order valence-corrected chi connectivity index (χ4v) is 3.65. The second-order valence-electron chi connectivity index (χ2n) is 7.70. The van der Waals surface area contributed by atoms with Gasteiger partial charge in [-0.3, -0.25) is 4.90 Å². The first-order valence-corrected chi connectivity index (χ1v) is 10.6. The summed E-state index contributed by atoms with van der Waals surface area (Å²) >= 11 is 0. The van der Waals surface area contributed by atoms with E-state index < -0.39 is 0 Å². The number of hydrogen-bond donors (Lipinski definition) is 2. The van der Waals surface area contributed by atoms with E-state index in [4.69, 9.17) is 14.5 Å². The van der Waals surface area contributed by atoms with Crippen LogP contribution in [0.1, 0.15) is 17.2 Å². The van der Waals surface area contributed by atoms with Crippen LogP contribution in [0.2, 0.25) is 0 Å². The molecule has 1 fully saturated rings. The molecule has 1 atom stereocenters. The van der Waals surface area contributed by atoms with E-state index in [2.05, 4.69) is 37.9 Å². The van der Waals surface area contributed by atoms with Crippen LogP contribution < -0.4 is 15.4 Å². The van der Waals surface area contributed by atoms with Gasteiger partial charge in [-0.15, -0.1) is 34.2 Å². The van der Waals surface area contributed by atoms with Crippen molar-refractivity contribution in [2.75, 3.05) is 45.9 Å². The van der Waals surface area contributed by atoms with Crippen LogP contribution >= 0.6 is 24.0 Å². The van der Waals surface area contributed by atoms with Crippen molar-refractivity contribution in [3.8, 4) is 5.75 Å². The largest absolute Gasteiger partial charge is 0.488 e. The second-order valence-corrected chi connectivity index (χ2v) is 7.70. The van der Waals surface area contributed by atoms with E-state index in [-0.39, 0.29) is 30.1 Å². The Morgan fingerprint density at radius 2 is 2.00 bits per heavy atom. The highest BCUT2D eigenvalue weighted by Gasteiger charge is 2.22. The highest BCUT2D eigenvalue weighted by Crippen LogP contribution is 2.27. The Balaban J connectivity index is 0.00000272. The van der Waals surface area contributed by atoms with Crippen molar-refractivity contribution in [2.24, 2.45) is 12.0 Å². The van der Waals surface area contributed by atoms with Gasteiger partial charge >= 0.3 is 0 Å². The smallest absolute Gasteiger partial charge is 0.191 e. The van der Waals surface area contributed by atoms with Crippen molar-refractivity contribution in [3.63, 3.8) is 0 Å².